The minimum absolute atomic E-state index is 0.332. The molecule has 0 radical (unpaired) electrons. The van der Waals surface area contributed by atoms with Crippen molar-refractivity contribution < 1.29 is 0 Å². The topological polar surface area (TPSA) is 41.1 Å². The zero-order valence-corrected chi connectivity index (χ0v) is 12.1. The number of benzene rings is 1. The zero-order valence-electron chi connectivity index (χ0n) is 12.1. The third kappa shape index (κ3) is 3.41. The second kappa shape index (κ2) is 5.97. The van der Waals surface area contributed by atoms with Crippen LogP contribution in [0.4, 0.5) is 5.82 Å². The highest BCUT2D eigenvalue weighted by Gasteiger charge is 2.09. The maximum Gasteiger partial charge on any atom is 0.137 e. The van der Waals surface area contributed by atoms with Gasteiger partial charge in [-0.25, -0.2) is 9.97 Å². The van der Waals surface area contributed by atoms with Gasteiger partial charge in [0.05, 0.1) is 5.52 Å². The molecule has 0 saturated carbocycles. The Morgan fingerprint density at radius 1 is 1.16 bits per heavy atom. The van der Waals surface area contributed by atoms with Crippen molar-refractivity contribution >= 4 is 16.7 Å². The Morgan fingerprint density at radius 2 is 1.89 bits per heavy atom. The van der Waals surface area contributed by atoms with Crippen LogP contribution >= 0.6 is 0 Å². The van der Waals surface area contributed by atoms with Crippen LogP contribution in [0.2, 0.25) is 0 Å². The van der Waals surface area contributed by atoms with E-state index >= 15 is 0 Å². The van der Waals surface area contributed by atoms with Gasteiger partial charge in [-0.05, 0) is 26.2 Å². The second-order valence-electron chi connectivity index (χ2n) is 5.33. The highest BCUT2D eigenvalue weighted by atomic mass is 15.1. The molecule has 0 spiro atoms. The Labute approximate surface area is 114 Å². The predicted octanol–water partition coefficient (Wildman–Crippen LogP) is 2.73. The molecule has 0 aliphatic rings. The summed E-state index contributed by atoms with van der Waals surface area (Å²) >= 11 is 0. The van der Waals surface area contributed by atoms with Crippen molar-refractivity contribution in [3.63, 3.8) is 0 Å². The van der Waals surface area contributed by atoms with Gasteiger partial charge >= 0.3 is 0 Å². The van der Waals surface area contributed by atoms with Crippen molar-refractivity contribution in [2.45, 2.75) is 19.8 Å². The first kappa shape index (κ1) is 13.7. The number of fused-ring (bicyclic) bond motifs is 1. The van der Waals surface area contributed by atoms with E-state index in [1.807, 2.05) is 18.2 Å². The van der Waals surface area contributed by atoms with Crippen LogP contribution < -0.4 is 5.32 Å². The summed E-state index contributed by atoms with van der Waals surface area (Å²) in [6, 6.07) is 8.15. The van der Waals surface area contributed by atoms with Crippen LogP contribution in [0.3, 0.4) is 0 Å². The molecule has 1 N–H and O–H groups in total. The fraction of sp³-hybridized carbons (Fsp3) is 0.467. The molecule has 0 bridgehead atoms. The van der Waals surface area contributed by atoms with Crippen LogP contribution in [0, 0.1) is 0 Å². The summed E-state index contributed by atoms with van der Waals surface area (Å²) in [5.74, 6) is 2.17. The minimum atomic E-state index is 0.332. The van der Waals surface area contributed by atoms with Crippen LogP contribution in [0.1, 0.15) is 25.6 Å². The van der Waals surface area contributed by atoms with E-state index in [1.165, 1.54) is 0 Å². The minimum Gasteiger partial charge on any atom is -0.368 e. The normalized spacial score (nSPS) is 11.5. The second-order valence-corrected chi connectivity index (χ2v) is 5.33. The van der Waals surface area contributed by atoms with Gasteiger partial charge in [0.1, 0.15) is 11.6 Å². The number of hydrogen-bond donors (Lipinski definition) is 1. The molecule has 1 heterocycles. The molecule has 4 heteroatoms. The Balaban J connectivity index is 2.33. The van der Waals surface area contributed by atoms with Gasteiger partial charge in [-0.1, -0.05) is 26.0 Å². The van der Waals surface area contributed by atoms with Crippen LogP contribution in [-0.2, 0) is 0 Å². The van der Waals surface area contributed by atoms with Crippen LogP contribution in [0.15, 0.2) is 24.3 Å². The van der Waals surface area contributed by atoms with Crippen molar-refractivity contribution in [1.29, 1.82) is 0 Å². The molecule has 0 unspecified atom stereocenters. The summed E-state index contributed by atoms with van der Waals surface area (Å²) in [5.41, 5.74) is 1.01. The molecule has 0 aliphatic carbocycles. The monoisotopic (exact) mass is 258 g/mol. The van der Waals surface area contributed by atoms with E-state index in [0.29, 0.717) is 5.92 Å². The largest absolute Gasteiger partial charge is 0.368 e. The number of hydrogen-bond acceptors (Lipinski definition) is 4. The van der Waals surface area contributed by atoms with Gasteiger partial charge in [0.25, 0.3) is 0 Å². The highest BCUT2D eigenvalue weighted by Crippen LogP contribution is 2.22. The van der Waals surface area contributed by atoms with Gasteiger partial charge in [-0.15, -0.1) is 0 Å². The number of likely N-dealkylation sites (N-methyl/N-ethyl adjacent to an activating group) is 1. The molecular weight excluding hydrogens is 236 g/mol. The number of rotatable bonds is 5. The number of anilines is 1. The summed E-state index contributed by atoms with van der Waals surface area (Å²) in [5, 5.41) is 4.51. The molecule has 19 heavy (non-hydrogen) atoms. The van der Waals surface area contributed by atoms with E-state index in [1.54, 1.807) is 0 Å². The molecule has 0 saturated heterocycles. The number of nitrogens with zero attached hydrogens (tertiary/aromatic N) is 3. The molecule has 2 rings (SSSR count). The summed E-state index contributed by atoms with van der Waals surface area (Å²) in [4.78, 5) is 11.4. The highest BCUT2D eigenvalue weighted by molar-refractivity contribution is 5.89. The molecule has 0 amide bonds. The summed E-state index contributed by atoms with van der Waals surface area (Å²) in [7, 11) is 4.14. The lowest BCUT2D eigenvalue weighted by Gasteiger charge is -2.14. The first-order valence-corrected chi connectivity index (χ1v) is 6.73. The van der Waals surface area contributed by atoms with E-state index in [0.717, 1.165) is 35.6 Å². The number of aromatic nitrogens is 2. The molecule has 0 aliphatic heterocycles. The van der Waals surface area contributed by atoms with Gasteiger partial charge in [0.15, 0.2) is 0 Å². The van der Waals surface area contributed by atoms with Crippen molar-refractivity contribution in [1.82, 2.24) is 14.9 Å². The zero-order chi connectivity index (χ0) is 13.8. The molecule has 1 aromatic heterocycles. The van der Waals surface area contributed by atoms with Gasteiger partial charge in [0.2, 0.25) is 0 Å². The molecule has 4 nitrogen and oxygen atoms in total. The number of nitrogens with one attached hydrogen (secondary N) is 1. The average Bonchev–Trinajstić information content (AvgIpc) is 2.38. The standard InChI is InChI=1S/C15H22N4/c1-11(2)14-17-13-8-6-5-7-12(13)15(18-14)16-9-10-19(3)4/h5-8,11H,9-10H2,1-4H3,(H,16,17,18). The smallest absolute Gasteiger partial charge is 0.137 e. The van der Waals surface area contributed by atoms with Crippen molar-refractivity contribution in [3.05, 3.63) is 30.1 Å². The fourth-order valence-electron chi connectivity index (χ4n) is 1.89. The molecule has 0 atom stereocenters. The van der Waals surface area contributed by atoms with Crippen molar-refractivity contribution in [2.75, 3.05) is 32.5 Å². The first-order valence-electron chi connectivity index (χ1n) is 6.73. The quantitative estimate of drug-likeness (QED) is 0.895. The van der Waals surface area contributed by atoms with E-state index in [4.69, 9.17) is 0 Å². The van der Waals surface area contributed by atoms with Gasteiger partial charge in [-0.3, -0.25) is 0 Å². The Morgan fingerprint density at radius 3 is 2.58 bits per heavy atom. The predicted molar refractivity (Wildman–Crippen MR) is 80.7 cm³/mol. The van der Waals surface area contributed by atoms with E-state index in [2.05, 4.69) is 54.2 Å². The van der Waals surface area contributed by atoms with E-state index in [-0.39, 0.29) is 0 Å². The van der Waals surface area contributed by atoms with Gasteiger partial charge in [0, 0.05) is 24.4 Å². The lowest BCUT2D eigenvalue weighted by Crippen LogP contribution is -2.21. The third-order valence-corrected chi connectivity index (χ3v) is 2.99. The van der Waals surface area contributed by atoms with Gasteiger partial charge in [-0.2, -0.15) is 0 Å². The summed E-state index contributed by atoms with van der Waals surface area (Å²) in [6.07, 6.45) is 0. The summed E-state index contributed by atoms with van der Waals surface area (Å²) < 4.78 is 0. The molecule has 2 aromatic rings. The van der Waals surface area contributed by atoms with Crippen molar-refractivity contribution in [3.8, 4) is 0 Å². The third-order valence-electron chi connectivity index (χ3n) is 2.99. The van der Waals surface area contributed by atoms with E-state index in [9.17, 15) is 0 Å². The SMILES string of the molecule is CC(C)c1nc(NCCN(C)C)c2ccccc2n1. The average molecular weight is 258 g/mol. The Bertz CT molecular complexity index is 549. The van der Waals surface area contributed by atoms with Crippen LogP contribution in [0.25, 0.3) is 10.9 Å². The first-order chi connectivity index (χ1) is 9.08. The Kier molecular flexibility index (Phi) is 4.32. The van der Waals surface area contributed by atoms with Gasteiger partial charge < -0.3 is 10.2 Å². The molecular formula is C15H22N4. The number of para-hydroxylation sites is 1. The van der Waals surface area contributed by atoms with E-state index < -0.39 is 0 Å². The molecule has 1 aromatic carbocycles. The molecule has 102 valence electrons. The lowest BCUT2D eigenvalue weighted by molar-refractivity contribution is 0.425. The van der Waals surface area contributed by atoms with Crippen LogP contribution in [-0.4, -0.2) is 42.1 Å². The van der Waals surface area contributed by atoms with Crippen molar-refractivity contribution in [2.24, 2.45) is 0 Å². The fourth-order valence-corrected chi connectivity index (χ4v) is 1.89. The Hall–Kier alpha value is -1.68. The summed E-state index contributed by atoms with van der Waals surface area (Å²) in [6.45, 7) is 6.10. The molecule has 0 fully saturated rings. The van der Waals surface area contributed by atoms with Crippen LogP contribution in [0.5, 0.6) is 0 Å². The maximum absolute atomic E-state index is 4.66. The lowest BCUT2D eigenvalue weighted by atomic mass is 10.1. The maximum atomic E-state index is 4.66.